The van der Waals surface area contributed by atoms with E-state index in [1.54, 1.807) is 24.3 Å². The van der Waals surface area contributed by atoms with Crippen LogP contribution in [0.3, 0.4) is 0 Å². The van der Waals surface area contributed by atoms with Gasteiger partial charge in [0.15, 0.2) is 0 Å². The van der Waals surface area contributed by atoms with Crippen molar-refractivity contribution in [3.8, 4) is 5.75 Å². The van der Waals surface area contributed by atoms with Crippen molar-refractivity contribution < 1.29 is 13.5 Å². The zero-order valence-electron chi connectivity index (χ0n) is 10.2. The van der Waals surface area contributed by atoms with E-state index in [4.69, 9.17) is 4.74 Å². The summed E-state index contributed by atoms with van der Waals surface area (Å²) in [6, 6.07) is 5.96. The second kappa shape index (κ2) is 7.22. The Labute approximate surface area is 101 Å². The minimum Gasteiger partial charge on any atom is -0.494 e. The van der Waals surface area contributed by atoms with Crippen LogP contribution in [0, 0.1) is 0 Å². The molecule has 1 aromatic rings. The van der Waals surface area contributed by atoms with Gasteiger partial charge in [-0.2, -0.15) is 0 Å². The van der Waals surface area contributed by atoms with Crippen molar-refractivity contribution in [1.82, 2.24) is 5.32 Å². The van der Waals surface area contributed by atoms with Crippen molar-refractivity contribution in [3.63, 3.8) is 0 Å². The fourth-order valence-corrected chi connectivity index (χ4v) is 1.62. The smallest absolute Gasteiger partial charge is 0.257 e. The summed E-state index contributed by atoms with van der Waals surface area (Å²) in [7, 11) is 0. The summed E-state index contributed by atoms with van der Waals surface area (Å²) < 4.78 is 31.2. The molecule has 0 saturated carbocycles. The number of halogens is 2. The zero-order chi connectivity index (χ0) is 12.7. The standard InChI is InChI=1S/C13H19F2NO/c1-3-8-16-12(13(14)15)10-6-5-7-11(9-10)17-4-2/h5-7,9,12-13,16H,3-4,8H2,1-2H3. The third kappa shape index (κ3) is 4.30. The lowest BCUT2D eigenvalue weighted by Gasteiger charge is -2.18. The summed E-state index contributed by atoms with van der Waals surface area (Å²) in [6.45, 7) is 4.93. The highest BCUT2D eigenvalue weighted by Crippen LogP contribution is 2.24. The average Bonchev–Trinajstić information content (AvgIpc) is 2.30. The number of rotatable bonds is 7. The van der Waals surface area contributed by atoms with Crippen LogP contribution < -0.4 is 10.1 Å². The minimum atomic E-state index is -2.42. The molecule has 4 heteroatoms. The lowest BCUT2D eigenvalue weighted by molar-refractivity contribution is 0.0984. The van der Waals surface area contributed by atoms with Crippen LogP contribution >= 0.6 is 0 Å². The molecule has 1 rings (SSSR count). The van der Waals surface area contributed by atoms with Crippen molar-refractivity contribution in [1.29, 1.82) is 0 Å². The van der Waals surface area contributed by atoms with Gasteiger partial charge < -0.3 is 10.1 Å². The number of benzene rings is 1. The van der Waals surface area contributed by atoms with Crippen LogP contribution in [0.2, 0.25) is 0 Å². The Morgan fingerprint density at radius 2 is 2.06 bits per heavy atom. The van der Waals surface area contributed by atoms with Crippen molar-refractivity contribution in [3.05, 3.63) is 29.8 Å². The first kappa shape index (κ1) is 13.9. The molecule has 0 aliphatic heterocycles. The van der Waals surface area contributed by atoms with Crippen molar-refractivity contribution in [2.24, 2.45) is 0 Å². The molecule has 96 valence electrons. The van der Waals surface area contributed by atoms with Crippen LogP contribution in [0.4, 0.5) is 8.78 Å². The first-order valence-electron chi connectivity index (χ1n) is 5.93. The third-order valence-electron chi connectivity index (χ3n) is 2.39. The molecule has 0 fully saturated rings. The molecule has 0 saturated heterocycles. The van der Waals surface area contributed by atoms with Gasteiger partial charge in [-0.3, -0.25) is 0 Å². The molecule has 0 amide bonds. The monoisotopic (exact) mass is 243 g/mol. The Morgan fingerprint density at radius 1 is 1.29 bits per heavy atom. The third-order valence-corrected chi connectivity index (χ3v) is 2.39. The van der Waals surface area contributed by atoms with Crippen LogP contribution in [0.25, 0.3) is 0 Å². The molecule has 1 atom stereocenters. The number of hydrogen-bond acceptors (Lipinski definition) is 2. The summed E-state index contributed by atoms with van der Waals surface area (Å²) >= 11 is 0. The molecule has 0 radical (unpaired) electrons. The quantitative estimate of drug-likeness (QED) is 0.792. The fourth-order valence-electron chi connectivity index (χ4n) is 1.62. The van der Waals surface area contributed by atoms with Gasteiger partial charge in [0.25, 0.3) is 6.43 Å². The number of alkyl halides is 2. The molecule has 1 N–H and O–H groups in total. The van der Waals surface area contributed by atoms with Crippen LogP contribution in [0.1, 0.15) is 31.9 Å². The van der Waals surface area contributed by atoms with E-state index in [2.05, 4.69) is 5.32 Å². The molecule has 17 heavy (non-hydrogen) atoms. The maximum Gasteiger partial charge on any atom is 0.257 e. The van der Waals surface area contributed by atoms with Gasteiger partial charge in [-0.25, -0.2) is 8.78 Å². The lowest BCUT2D eigenvalue weighted by atomic mass is 10.1. The molecular weight excluding hydrogens is 224 g/mol. The van der Waals surface area contributed by atoms with E-state index in [0.29, 0.717) is 24.5 Å². The molecule has 0 aliphatic rings. The summed E-state index contributed by atoms with van der Waals surface area (Å²) in [5.41, 5.74) is 0.569. The Kier molecular flexibility index (Phi) is 5.91. The van der Waals surface area contributed by atoms with E-state index >= 15 is 0 Å². The van der Waals surface area contributed by atoms with Crippen molar-refractivity contribution in [2.75, 3.05) is 13.2 Å². The Morgan fingerprint density at radius 3 is 2.65 bits per heavy atom. The Bertz CT molecular complexity index is 331. The maximum atomic E-state index is 12.9. The molecule has 0 spiro atoms. The molecule has 2 nitrogen and oxygen atoms in total. The molecule has 1 unspecified atom stereocenters. The number of ether oxygens (including phenoxy) is 1. The highest BCUT2D eigenvalue weighted by Gasteiger charge is 2.21. The SMILES string of the molecule is CCCNC(c1cccc(OCC)c1)C(F)F. The van der Waals surface area contributed by atoms with Gasteiger partial charge >= 0.3 is 0 Å². The molecular formula is C13H19F2NO. The van der Waals surface area contributed by atoms with Crippen molar-refractivity contribution >= 4 is 0 Å². The van der Waals surface area contributed by atoms with Crippen LogP contribution in [0.15, 0.2) is 24.3 Å². The summed E-state index contributed by atoms with van der Waals surface area (Å²) in [6.07, 6.45) is -1.59. The van der Waals surface area contributed by atoms with Gasteiger partial charge in [-0.05, 0) is 37.6 Å². The largest absolute Gasteiger partial charge is 0.494 e. The van der Waals surface area contributed by atoms with Gasteiger partial charge in [0.1, 0.15) is 5.75 Å². The lowest BCUT2D eigenvalue weighted by Crippen LogP contribution is -2.28. The molecule has 0 heterocycles. The normalized spacial score (nSPS) is 12.8. The van der Waals surface area contributed by atoms with Gasteiger partial charge in [-0.15, -0.1) is 0 Å². The van der Waals surface area contributed by atoms with Crippen molar-refractivity contribution in [2.45, 2.75) is 32.7 Å². The second-order valence-corrected chi connectivity index (χ2v) is 3.77. The number of nitrogens with one attached hydrogen (secondary N) is 1. The Balaban J connectivity index is 2.81. The van der Waals surface area contributed by atoms with E-state index < -0.39 is 12.5 Å². The first-order valence-corrected chi connectivity index (χ1v) is 5.93. The molecule has 0 bridgehead atoms. The van der Waals surface area contributed by atoms with Gasteiger partial charge in [0.05, 0.1) is 12.6 Å². The maximum absolute atomic E-state index is 12.9. The number of hydrogen-bond donors (Lipinski definition) is 1. The van der Waals surface area contributed by atoms with Crippen LogP contribution in [-0.4, -0.2) is 19.6 Å². The summed E-state index contributed by atoms with van der Waals surface area (Å²) in [5.74, 6) is 0.633. The summed E-state index contributed by atoms with van der Waals surface area (Å²) in [4.78, 5) is 0. The van der Waals surface area contributed by atoms with E-state index in [1.807, 2.05) is 13.8 Å². The molecule has 0 aromatic heterocycles. The topological polar surface area (TPSA) is 21.3 Å². The fraction of sp³-hybridized carbons (Fsp3) is 0.538. The van der Waals surface area contributed by atoms with Gasteiger partial charge in [-0.1, -0.05) is 19.1 Å². The van der Waals surface area contributed by atoms with E-state index in [9.17, 15) is 8.78 Å². The van der Waals surface area contributed by atoms with Crippen LogP contribution in [0.5, 0.6) is 5.75 Å². The molecule has 0 aliphatic carbocycles. The second-order valence-electron chi connectivity index (χ2n) is 3.77. The summed E-state index contributed by atoms with van der Waals surface area (Å²) in [5, 5.41) is 2.85. The minimum absolute atomic E-state index is 0.533. The predicted octanol–water partition coefficient (Wildman–Crippen LogP) is 3.39. The van der Waals surface area contributed by atoms with Gasteiger partial charge in [0, 0.05) is 0 Å². The predicted molar refractivity (Wildman–Crippen MR) is 64.6 cm³/mol. The van der Waals surface area contributed by atoms with Gasteiger partial charge in [0.2, 0.25) is 0 Å². The highest BCUT2D eigenvalue weighted by molar-refractivity contribution is 5.31. The average molecular weight is 243 g/mol. The van der Waals surface area contributed by atoms with E-state index in [-0.39, 0.29) is 0 Å². The van der Waals surface area contributed by atoms with Crippen LogP contribution in [-0.2, 0) is 0 Å². The molecule has 1 aromatic carbocycles. The zero-order valence-corrected chi connectivity index (χ0v) is 10.2. The Hall–Kier alpha value is -1.16. The first-order chi connectivity index (χ1) is 8.19. The highest BCUT2D eigenvalue weighted by atomic mass is 19.3. The van der Waals surface area contributed by atoms with E-state index in [1.165, 1.54) is 0 Å². The van der Waals surface area contributed by atoms with E-state index in [0.717, 1.165) is 6.42 Å².